The zero-order valence-corrected chi connectivity index (χ0v) is 17.8. The Kier molecular flexibility index (Phi) is 8.87. The number of hydrogen-bond donors (Lipinski definition) is 2. The van der Waals surface area contributed by atoms with Gasteiger partial charge in [0, 0.05) is 5.69 Å². The first-order valence-electron chi connectivity index (χ1n) is 9.95. The zero-order valence-electron chi connectivity index (χ0n) is 17.8. The van der Waals surface area contributed by atoms with Crippen LogP contribution >= 0.6 is 0 Å². The number of rotatable bonds is 10. The van der Waals surface area contributed by atoms with Crippen LogP contribution in [0, 0.1) is 11.8 Å². The van der Waals surface area contributed by atoms with Gasteiger partial charge in [0.15, 0.2) is 0 Å². The van der Waals surface area contributed by atoms with E-state index in [9.17, 15) is 9.59 Å². The highest BCUT2D eigenvalue weighted by atomic mass is 16.5. The van der Waals surface area contributed by atoms with Gasteiger partial charge in [0.1, 0.15) is 17.4 Å². The second-order valence-corrected chi connectivity index (χ2v) is 7.09. The molecule has 0 fully saturated rings. The number of nitrogens with one attached hydrogen (secondary N) is 2. The van der Waals surface area contributed by atoms with Crippen LogP contribution in [-0.4, -0.2) is 31.7 Å². The molecule has 0 bridgehead atoms. The third-order valence-electron chi connectivity index (χ3n) is 4.33. The summed E-state index contributed by atoms with van der Waals surface area (Å²) in [6.07, 6.45) is 2.47. The number of carbonyl (C=O) groups excluding carboxylic acids is 2. The fraction of sp³-hybridized carbons (Fsp3) is 0.348. The molecule has 0 heterocycles. The lowest BCUT2D eigenvalue weighted by atomic mass is 9.94. The molecular formula is C23H29N3O4. The minimum atomic E-state index is -0.880. The Labute approximate surface area is 177 Å². The average molecular weight is 412 g/mol. The first-order chi connectivity index (χ1) is 14.4. The Morgan fingerprint density at radius 3 is 2.20 bits per heavy atom. The third-order valence-corrected chi connectivity index (χ3v) is 4.33. The summed E-state index contributed by atoms with van der Waals surface area (Å²) < 4.78 is 10.6. The van der Waals surface area contributed by atoms with Crippen molar-refractivity contribution >= 4 is 23.7 Å². The van der Waals surface area contributed by atoms with Gasteiger partial charge in [0.05, 0.1) is 19.9 Å². The summed E-state index contributed by atoms with van der Waals surface area (Å²) in [5.41, 5.74) is 3.86. The summed E-state index contributed by atoms with van der Waals surface area (Å²) in [6.45, 7) is 6.34. The van der Waals surface area contributed by atoms with E-state index in [1.807, 2.05) is 45.0 Å². The number of carbonyl (C=O) groups is 2. The molecule has 0 spiro atoms. The Morgan fingerprint density at radius 1 is 1.00 bits per heavy atom. The molecule has 2 aromatic rings. The Hall–Kier alpha value is -3.35. The predicted octanol–water partition coefficient (Wildman–Crippen LogP) is 3.85. The van der Waals surface area contributed by atoms with Crippen LogP contribution in [0.25, 0.3) is 0 Å². The molecule has 1 unspecified atom stereocenters. The minimum absolute atomic E-state index is 0.201. The Bertz CT molecular complexity index is 846. The maximum Gasteiger partial charge on any atom is 0.252 e. The van der Waals surface area contributed by atoms with Crippen molar-refractivity contribution in [3.05, 3.63) is 54.1 Å². The number of amides is 2. The second kappa shape index (κ2) is 11.6. The van der Waals surface area contributed by atoms with Gasteiger partial charge >= 0.3 is 0 Å². The van der Waals surface area contributed by atoms with Gasteiger partial charge in [-0.25, -0.2) is 5.43 Å². The van der Waals surface area contributed by atoms with Crippen LogP contribution in [0.5, 0.6) is 11.5 Å². The predicted molar refractivity (Wildman–Crippen MR) is 118 cm³/mol. The highest BCUT2D eigenvalue weighted by Crippen LogP contribution is 2.18. The third kappa shape index (κ3) is 6.92. The van der Waals surface area contributed by atoms with E-state index in [-0.39, 0.29) is 11.8 Å². The molecule has 2 amide bonds. The largest absolute Gasteiger partial charge is 0.497 e. The van der Waals surface area contributed by atoms with E-state index in [0.29, 0.717) is 18.0 Å². The molecule has 160 valence electrons. The van der Waals surface area contributed by atoms with Crippen LogP contribution in [0.1, 0.15) is 32.8 Å². The molecule has 0 aliphatic heterocycles. The van der Waals surface area contributed by atoms with E-state index in [1.54, 1.807) is 31.4 Å². The standard InChI is InChI=1S/C23H29N3O4/c1-5-14-30-20-10-6-17(7-11-20)15-24-26-23(28)21(16(2)3)22(27)25-18-8-12-19(29-4)13-9-18/h6-13,15-16,21H,5,14H2,1-4H3,(H,25,27)(H,26,28). The van der Waals surface area contributed by atoms with Gasteiger partial charge in [-0.1, -0.05) is 20.8 Å². The van der Waals surface area contributed by atoms with Crippen LogP contribution in [0.15, 0.2) is 53.6 Å². The lowest BCUT2D eigenvalue weighted by Gasteiger charge is -2.18. The summed E-state index contributed by atoms with van der Waals surface area (Å²) >= 11 is 0. The number of anilines is 1. The maximum atomic E-state index is 12.6. The van der Waals surface area contributed by atoms with Crippen LogP contribution in [0.2, 0.25) is 0 Å². The summed E-state index contributed by atoms with van der Waals surface area (Å²) in [5, 5.41) is 6.75. The maximum absolute atomic E-state index is 12.6. The molecular weight excluding hydrogens is 382 g/mol. The lowest BCUT2D eigenvalue weighted by Crippen LogP contribution is -2.39. The molecule has 0 radical (unpaired) electrons. The highest BCUT2D eigenvalue weighted by molar-refractivity contribution is 6.06. The quantitative estimate of drug-likeness (QED) is 0.353. The second-order valence-electron chi connectivity index (χ2n) is 7.09. The Balaban J connectivity index is 1.95. The van der Waals surface area contributed by atoms with Crippen LogP contribution in [-0.2, 0) is 9.59 Å². The highest BCUT2D eigenvalue weighted by Gasteiger charge is 2.29. The van der Waals surface area contributed by atoms with Crippen LogP contribution < -0.4 is 20.2 Å². The molecule has 0 saturated heterocycles. The number of methoxy groups -OCH3 is 1. The van der Waals surface area contributed by atoms with Gasteiger partial charge in [0.2, 0.25) is 5.91 Å². The average Bonchev–Trinajstić information content (AvgIpc) is 2.73. The van der Waals surface area contributed by atoms with Gasteiger partial charge in [-0.05, 0) is 66.4 Å². The normalized spacial score (nSPS) is 11.9. The van der Waals surface area contributed by atoms with Crippen molar-refractivity contribution in [1.29, 1.82) is 0 Å². The lowest BCUT2D eigenvalue weighted by molar-refractivity contribution is -0.134. The minimum Gasteiger partial charge on any atom is -0.497 e. The summed E-state index contributed by atoms with van der Waals surface area (Å²) in [5.74, 6) is -0.462. The van der Waals surface area contributed by atoms with Crippen molar-refractivity contribution in [3.63, 3.8) is 0 Å². The van der Waals surface area contributed by atoms with Crippen LogP contribution in [0.3, 0.4) is 0 Å². The van der Waals surface area contributed by atoms with Crippen LogP contribution in [0.4, 0.5) is 5.69 Å². The van der Waals surface area contributed by atoms with Crippen molar-refractivity contribution in [1.82, 2.24) is 5.43 Å². The number of ether oxygens (including phenoxy) is 2. The number of hydrazone groups is 1. The smallest absolute Gasteiger partial charge is 0.252 e. The van der Waals surface area contributed by atoms with E-state index >= 15 is 0 Å². The summed E-state index contributed by atoms with van der Waals surface area (Å²) in [6, 6.07) is 14.3. The molecule has 0 saturated carbocycles. The van der Waals surface area contributed by atoms with Crippen molar-refractivity contribution < 1.29 is 19.1 Å². The van der Waals surface area contributed by atoms with E-state index in [4.69, 9.17) is 9.47 Å². The SMILES string of the molecule is CCCOc1ccc(C=NNC(=O)C(C(=O)Nc2ccc(OC)cc2)C(C)C)cc1. The first kappa shape index (κ1) is 22.9. The molecule has 2 rings (SSSR count). The summed E-state index contributed by atoms with van der Waals surface area (Å²) in [7, 11) is 1.57. The van der Waals surface area contributed by atoms with E-state index in [0.717, 1.165) is 17.7 Å². The number of benzene rings is 2. The van der Waals surface area contributed by atoms with Crippen molar-refractivity contribution in [2.75, 3.05) is 19.0 Å². The Morgan fingerprint density at radius 2 is 1.63 bits per heavy atom. The summed E-state index contributed by atoms with van der Waals surface area (Å²) in [4.78, 5) is 25.2. The first-order valence-corrected chi connectivity index (χ1v) is 9.95. The fourth-order valence-corrected chi connectivity index (χ4v) is 2.73. The monoisotopic (exact) mass is 411 g/mol. The van der Waals surface area contributed by atoms with E-state index < -0.39 is 11.8 Å². The molecule has 30 heavy (non-hydrogen) atoms. The molecule has 0 aliphatic rings. The van der Waals surface area contributed by atoms with Gasteiger partial charge < -0.3 is 14.8 Å². The van der Waals surface area contributed by atoms with E-state index in [1.165, 1.54) is 6.21 Å². The molecule has 2 aromatic carbocycles. The van der Waals surface area contributed by atoms with Gasteiger partial charge in [-0.2, -0.15) is 5.10 Å². The van der Waals surface area contributed by atoms with E-state index in [2.05, 4.69) is 15.8 Å². The van der Waals surface area contributed by atoms with Crippen molar-refractivity contribution in [3.8, 4) is 11.5 Å². The number of nitrogens with zero attached hydrogens (tertiary/aromatic N) is 1. The molecule has 7 nitrogen and oxygen atoms in total. The molecule has 1 atom stereocenters. The van der Waals surface area contributed by atoms with Gasteiger partial charge in [-0.3, -0.25) is 9.59 Å². The van der Waals surface area contributed by atoms with Crippen molar-refractivity contribution in [2.45, 2.75) is 27.2 Å². The fourth-order valence-electron chi connectivity index (χ4n) is 2.73. The topological polar surface area (TPSA) is 89.0 Å². The van der Waals surface area contributed by atoms with Gasteiger partial charge in [-0.15, -0.1) is 0 Å². The van der Waals surface area contributed by atoms with Crippen molar-refractivity contribution in [2.24, 2.45) is 16.9 Å². The number of hydrogen-bond acceptors (Lipinski definition) is 5. The van der Waals surface area contributed by atoms with Gasteiger partial charge in [0.25, 0.3) is 5.91 Å². The molecule has 7 heteroatoms. The molecule has 0 aliphatic carbocycles. The zero-order chi connectivity index (χ0) is 21.9. The molecule has 0 aromatic heterocycles. The molecule has 2 N–H and O–H groups in total.